The zero-order valence-electron chi connectivity index (χ0n) is 11.2. The van der Waals surface area contributed by atoms with E-state index in [0.717, 1.165) is 31.3 Å². The topological polar surface area (TPSA) is 21.3 Å². The summed E-state index contributed by atoms with van der Waals surface area (Å²) in [6.07, 6.45) is 0. The van der Waals surface area contributed by atoms with Crippen molar-refractivity contribution in [3.05, 3.63) is 59.9 Å². The molecule has 6 heteroatoms. The zero-order valence-corrected chi connectivity index (χ0v) is 16.7. The quantitative estimate of drug-likeness (QED) is 0.552. The van der Waals surface area contributed by atoms with Crippen molar-refractivity contribution in [3.8, 4) is 5.75 Å². The Labute approximate surface area is 154 Å². The minimum atomic E-state index is 0.411. The highest BCUT2D eigenvalue weighted by atomic mass is 79.9. The number of nitrogens with one attached hydrogen (secondary N) is 1. The molecule has 0 saturated heterocycles. The van der Waals surface area contributed by atoms with Crippen LogP contribution in [0.15, 0.2) is 43.7 Å². The van der Waals surface area contributed by atoms with Crippen molar-refractivity contribution >= 4 is 59.4 Å². The van der Waals surface area contributed by atoms with E-state index in [-0.39, 0.29) is 0 Å². The monoisotopic (exact) mass is 495 g/mol. The lowest BCUT2D eigenvalue weighted by Crippen LogP contribution is -2.05. The average molecular weight is 498 g/mol. The Balaban J connectivity index is 2.16. The van der Waals surface area contributed by atoms with Crippen LogP contribution >= 0.6 is 59.4 Å². The summed E-state index contributed by atoms with van der Waals surface area (Å²) in [5.41, 5.74) is 2.11. The Morgan fingerprint density at radius 3 is 2.33 bits per heavy atom. The minimum absolute atomic E-state index is 0.411. The molecule has 0 aliphatic carbocycles. The Morgan fingerprint density at radius 2 is 1.76 bits per heavy atom. The molecule has 2 rings (SSSR count). The minimum Gasteiger partial charge on any atom is -0.486 e. The van der Waals surface area contributed by atoms with Gasteiger partial charge in [0.25, 0.3) is 0 Å². The molecule has 1 N–H and O–H groups in total. The molecule has 0 saturated carbocycles. The van der Waals surface area contributed by atoms with E-state index in [0.29, 0.717) is 11.6 Å². The summed E-state index contributed by atoms with van der Waals surface area (Å²) >= 11 is 16.7. The van der Waals surface area contributed by atoms with Crippen LogP contribution in [0.1, 0.15) is 11.1 Å². The van der Waals surface area contributed by atoms with Gasteiger partial charge in [0.05, 0.1) is 8.95 Å². The van der Waals surface area contributed by atoms with Gasteiger partial charge in [-0.2, -0.15) is 0 Å². The second-order valence-corrected chi connectivity index (χ2v) is 7.47. The van der Waals surface area contributed by atoms with Crippen molar-refractivity contribution in [1.82, 2.24) is 5.32 Å². The smallest absolute Gasteiger partial charge is 0.148 e. The Kier molecular flexibility index (Phi) is 6.56. The van der Waals surface area contributed by atoms with Crippen LogP contribution in [0.2, 0.25) is 5.02 Å². The van der Waals surface area contributed by atoms with Crippen LogP contribution in [0.3, 0.4) is 0 Å². The predicted molar refractivity (Wildman–Crippen MR) is 98.1 cm³/mol. The molecule has 0 amide bonds. The van der Waals surface area contributed by atoms with E-state index >= 15 is 0 Å². The first kappa shape index (κ1) is 17.3. The highest BCUT2D eigenvalue weighted by Crippen LogP contribution is 2.35. The first-order valence-electron chi connectivity index (χ1n) is 6.20. The molecule has 0 radical (unpaired) electrons. The standard InChI is InChI=1S/C15H13Br3ClNO/c1-20-7-9-4-12(17)15(13(18)5-9)21-8-10-2-3-11(16)6-14(10)19/h2-6,20H,7-8H2,1H3. The molecule has 0 fully saturated rings. The zero-order chi connectivity index (χ0) is 15.4. The van der Waals surface area contributed by atoms with Crippen LogP contribution in [0.5, 0.6) is 5.75 Å². The molecule has 21 heavy (non-hydrogen) atoms. The van der Waals surface area contributed by atoms with Gasteiger partial charge in [0.1, 0.15) is 12.4 Å². The molecule has 0 atom stereocenters. The third-order valence-electron chi connectivity index (χ3n) is 2.83. The molecular weight excluding hydrogens is 485 g/mol. The molecule has 2 aromatic carbocycles. The van der Waals surface area contributed by atoms with Gasteiger partial charge in [0, 0.05) is 21.6 Å². The first-order chi connectivity index (χ1) is 10.0. The second kappa shape index (κ2) is 7.97. The van der Waals surface area contributed by atoms with E-state index in [1.54, 1.807) is 0 Å². The summed E-state index contributed by atoms with van der Waals surface area (Å²) in [6, 6.07) is 9.84. The maximum atomic E-state index is 6.20. The van der Waals surface area contributed by atoms with Gasteiger partial charge in [-0.05, 0) is 68.7 Å². The summed E-state index contributed by atoms with van der Waals surface area (Å²) in [5.74, 6) is 0.772. The molecule has 2 nitrogen and oxygen atoms in total. The van der Waals surface area contributed by atoms with E-state index < -0.39 is 0 Å². The van der Waals surface area contributed by atoms with Crippen molar-refractivity contribution in [1.29, 1.82) is 0 Å². The molecule has 0 unspecified atom stereocenters. The number of benzene rings is 2. The van der Waals surface area contributed by atoms with Crippen molar-refractivity contribution in [3.63, 3.8) is 0 Å². The molecule has 0 bridgehead atoms. The predicted octanol–water partition coefficient (Wildman–Crippen LogP) is 5.93. The number of hydrogen-bond donors (Lipinski definition) is 1. The van der Waals surface area contributed by atoms with Crippen LogP contribution in [0, 0.1) is 0 Å². The summed E-state index contributed by atoms with van der Waals surface area (Å²) < 4.78 is 8.67. The van der Waals surface area contributed by atoms with E-state index in [9.17, 15) is 0 Å². The summed E-state index contributed by atoms with van der Waals surface area (Å²) in [5, 5.41) is 3.81. The van der Waals surface area contributed by atoms with Crippen molar-refractivity contribution < 1.29 is 4.74 Å². The van der Waals surface area contributed by atoms with E-state index in [2.05, 4.69) is 53.1 Å². The first-order valence-corrected chi connectivity index (χ1v) is 8.96. The molecule has 0 aromatic heterocycles. The Bertz CT molecular complexity index is 626. The lowest BCUT2D eigenvalue weighted by molar-refractivity contribution is 0.302. The van der Waals surface area contributed by atoms with E-state index in [1.807, 2.05) is 37.4 Å². The molecule has 0 heterocycles. The molecule has 0 aliphatic heterocycles. The molecule has 112 valence electrons. The van der Waals surface area contributed by atoms with Gasteiger partial charge in [-0.3, -0.25) is 0 Å². The van der Waals surface area contributed by atoms with Crippen LogP contribution in [0.4, 0.5) is 0 Å². The number of halogens is 4. The van der Waals surface area contributed by atoms with Crippen LogP contribution in [-0.2, 0) is 13.2 Å². The molecule has 2 aromatic rings. The average Bonchev–Trinajstić information content (AvgIpc) is 2.40. The lowest BCUT2D eigenvalue weighted by atomic mass is 10.2. The third-order valence-corrected chi connectivity index (χ3v) is 4.85. The number of ether oxygens (including phenoxy) is 1. The van der Waals surface area contributed by atoms with Gasteiger partial charge in [0.15, 0.2) is 0 Å². The number of hydrogen-bond acceptors (Lipinski definition) is 2. The summed E-state index contributed by atoms with van der Waals surface area (Å²) in [6.45, 7) is 1.21. The van der Waals surface area contributed by atoms with Gasteiger partial charge < -0.3 is 10.1 Å². The summed E-state index contributed by atoms with van der Waals surface area (Å²) in [7, 11) is 1.92. The molecular formula is C15H13Br3ClNO. The fraction of sp³-hybridized carbons (Fsp3) is 0.200. The Morgan fingerprint density at radius 1 is 1.10 bits per heavy atom. The SMILES string of the molecule is CNCc1cc(Br)c(OCc2ccc(Br)cc2Cl)c(Br)c1. The van der Waals surface area contributed by atoms with Crippen molar-refractivity contribution in [2.75, 3.05) is 7.05 Å². The molecule has 0 aliphatic rings. The van der Waals surface area contributed by atoms with Crippen molar-refractivity contribution in [2.24, 2.45) is 0 Å². The normalized spacial score (nSPS) is 10.7. The van der Waals surface area contributed by atoms with Gasteiger partial charge in [-0.1, -0.05) is 33.6 Å². The van der Waals surface area contributed by atoms with E-state index in [1.165, 1.54) is 5.56 Å². The largest absolute Gasteiger partial charge is 0.486 e. The maximum Gasteiger partial charge on any atom is 0.148 e. The highest BCUT2D eigenvalue weighted by Gasteiger charge is 2.10. The second-order valence-electron chi connectivity index (χ2n) is 4.44. The van der Waals surface area contributed by atoms with Gasteiger partial charge >= 0.3 is 0 Å². The summed E-state index contributed by atoms with van der Waals surface area (Å²) in [4.78, 5) is 0. The van der Waals surface area contributed by atoms with Crippen LogP contribution in [0.25, 0.3) is 0 Å². The number of rotatable bonds is 5. The fourth-order valence-corrected chi connectivity index (χ4v) is 4.08. The van der Waals surface area contributed by atoms with Crippen molar-refractivity contribution in [2.45, 2.75) is 13.2 Å². The van der Waals surface area contributed by atoms with E-state index in [4.69, 9.17) is 16.3 Å². The van der Waals surface area contributed by atoms with Gasteiger partial charge in [-0.25, -0.2) is 0 Å². The maximum absolute atomic E-state index is 6.20. The third kappa shape index (κ3) is 4.70. The Hall–Kier alpha value is -0.0700. The van der Waals surface area contributed by atoms with Gasteiger partial charge in [-0.15, -0.1) is 0 Å². The highest BCUT2D eigenvalue weighted by molar-refractivity contribution is 9.11. The van der Waals surface area contributed by atoms with Crippen LogP contribution in [-0.4, -0.2) is 7.05 Å². The van der Waals surface area contributed by atoms with Gasteiger partial charge in [0.2, 0.25) is 0 Å². The fourth-order valence-electron chi connectivity index (χ4n) is 1.85. The lowest BCUT2D eigenvalue weighted by Gasteiger charge is -2.13. The van der Waals surface area contributed by atoms with Crippen LogP contribution < -0.4 is 10.1 Å². The molecule has 0 spiro atoms.